The highest BCUT2D eigenvalue weighted by atomic mass is 79.9. The van der Waals surface area contributed by atoms with Crippen molar-refractivity contribution in [3.05, 3.63) is 34.8 Å². The van der Waals surface area contributed by atoms with E-state index in [1.165, 1.54) is 6.07 Å². The zero-order valence-electron chi connectivity index (χ0n) is 9.51. The van der Waals surface area contributed by atoms with Gasteiger partial charge in [0.2, 0.25) is 0 Å². The van der Waals surface area contributed by atoms with Crippen LogP contribution in [0, 0.1) is 5.82 Å². The van der Waals surface area contributed by atoms with E-state index in [0.717, 1.165) is 13.0 Å². The molecule has 2 heterocycles. The van der Waals surface area contributed by atoms with Crippen molar-refractivity contribution in [2.75, 3.05) is 13.2 Å². The Hall–Kier alpha value is -1.27. The van der Waals surface area contributed by atoms with Gasteiger partial charge in [0.1, 0.15) is 12.1 Å². The molecule has 0 radical (unpaired) electrons. The van der Waals surface area contributed by atoms with Crippen LogP contribution in [-0.2, 0) is 4.74 Å². The number of halogens is 2. The topological polar surface area (TPSA) is 39.9 Å². The Bertz CT molecular complexity index is 566. The lowest BCUT2D eigenvalue weighted by Gasteiger charge is -2.05. The summed E-state index contributed by atoms with van der Waals surface area (Å²) in [5.74, 6) is 0.0803. The van der Waals surface area contributed by atoms with Gasteiger partial charge in [0, 0.05) is 11.1 Å². The molecule has 1 unspecified atom stereocenters. The maximum absolute atomic E-state index is 13.8. The van der Waals surface area contributed by atoms with Gasteiger partial charge in [-0.25, -0.2) is 14.1 Å². The van der Waals surface area contributed by atoms with Gasteiger partial charge in [-0.05, 0) is 24.6 Å². The normalized spacial score (nSPS) is 19.3. The summed E-state index contributed by atoms with van der Waals surface area (Å²) >= 11 is 3.23. The van der Waals surface area contributed by atoms with Crippen LogP contribution in [0.2, 0.25) is 0 Å². The molecular formula is C12H11BrFN3O. The molecule has 1 fully saturated rings. The second kappa shape index (κ2) is 4.78. The van der Waals surface area contributed by atoms with E-state index in [4.69, 9.17) is 4.74 Å². The first-order chi connectivity index (χ1) is 8.74. The van der Waals surface area contributed by atoms with Gasteiger partial charge in [-0.15, -0.1) is 0 Å². The lowest BCUT2D eigenvalue weighted by Crippen LogP contribution is -2.09. The first-order valence-corrected chi connectivity index (χ1v) is 6.47. The van der Waals surface area contributed by atoms with E-state index < -0.39 is 0 Å². The molecule has 0 N–H and O–H groups in total. The van der Waals surface area contributed by atoms with Crippen LogP contribution in [0.15, 0.2) is 29.0 Å². The molecule has 1 aromatic heterocycles. The van der Waals surface area contributed by atoms with Crippen LogP contribution in [0.25, 0.3) is 11.4 Å². The van der Waals surface area contributed by atoms with E-state index in [1.807, 2.05) is 0 Å². The third-order valence-corrected chi connectivity index (χ3v) is 3.45. The van der Waals surface area contributed by atoms with Crippen LogP contribution in [0.4, 0.5) is 4.39 Å². The van der Waals surface area contributed by atoms with Crippen LogP contribution in [0.3, 0.4) is 0 Å². The van der Waals surface area contributed by atoms with E-state index >= 15 is 0 Å². The smallest absolute Gasteiger partial charge is 0.184 e. The largest absolute Gasteiger partial charge is 0.379 e. The van der Waals surface area contributed by atoms with Gasteiger partial charge in [0.25, 0.3) is 0 Å². The lowest BCUT2D eigenvalue weighted by atomic mass is 10.2. The Morgan fingerprint density at radius 1 is 1.44 bits per heavy atom. The van der Waals surface area contributed by atoms with E-state index in [2.05, 4.69) is 26.0 Å². The summed E-state index contributed by atoms with van der Waals surface area (Å²) in [7, 11) is 0. The molecule has 1 saturated heterocycles. The fourth-order valence-electron chi connectivity index (χ4n) is 1.98. The SMILES string of the molecule is Fc1cc(Br)ccc1-c1ncn(C2CCOC2)n1. The second-order valence-corrected chi connectivity index (χ2v) is 5.11. The molecule has 0 amide bonds. The monoisotopic (exact) mass is 311 g/mol. The molecule has 2 aromatic rings. The molecule has 3 rings (SSSR count). The molecule has 94 valence electrons. The number of benzene rings is 1. The van der Waals surface area contributed by atoms with Gasteiger partial charge in [-0.1, -0.05) is 15.9 Å². The van der Waals surface area contributed by atoms with Crippen molar-refractivity contribution < 1.29 is 9.13 Å². The quantitative estimate of drug-likeness (QED) is 0.856. The molecule has 4 nitrogen and oxygen atoms in total. The van der Waals surface area contributed by atoms with Gasteiger partial charge in [-0.3, -0.25) is 0 Å². The number of aromatic nitrogens is 3. The fourth-order valence-corrected chi connectivity index (χ4v) is 2.31. The zero-order valence-corrected chi connectivity index (χ0v) is 11.1. The minimum atomic E-state index is -0.329. The summed E-state index contributed by atoms with van der Waals surface area (Å²) in [4.78, 5) is 4.16. The van der Waals surface area contributed by atoms with Gasteiger partial charge < -0.3 is 4.74 Å². The summed E-state index contributed by atoms with van der Waals surface area (Å²) in [5.41, 5.74) is 0.413. The Morgan fingerprint density at radius 2 is 2.33 bits per heavy atom. The van der Waals surface area contributed by atoms with Crippen molar-refractivity contribution in [1.29, 1.82) is 0 Å². The minimum absolute atomic E-state index is 0.213. The average Bonchev–Trinajstić information content (AvgIpc) is 2.99. The van der Waals surface area contributed by atoms with Crippen molar-refractivity contribution in [2.24, 2.45) is 0 Å². The Balaban J connectivity index is 1.92. The maximum Gasteiger partial charge on any atom is 0.184 e. The van der Waals surface area contributed by atoms with Gasteiger partial charge in [0.15, 0.2) is 5.82 Å². The number of hydrogen-bond acceptors (Lipinski definition) is 3. The van der Waals surface area contributed by atoms with Crippen LogP contribution in [-0.4, -0.2) is 28.0 Å². The van der Waals surface area contributed by atoms with Crippen molar-refractivity contribution in [1.82, 2.24) is 14.8 Å². The molecular weight excluding hydrogens is 301 g/mol. The number of rotatable bonds is 2. The van der Waals surface area contributed by atoms with E-state index in [1.54, 1.807) is 23.1 Å². The fraction of sp³-hybridized carbons (Fsp3) is 0.333. The van der Waals surface area contributed by atoms with Crippen LogP contribution in [0.1, 0.15) is 12.5 Å². The summed E-state index contributed by atoms with van der Waals surface area (Å²) < 4.78 is 21.5. The molecule has 18 heavy (non-hydrogen) atoms. The molecule has 0 spiro atoms. The minimum Gasteiger partial charge on any atom is -0.379 e. The molecule has 6 heteroatoms. The molecule has 0 bridgehead atoms. The maximum atomic E-state index is 13.8. The predicted octanol–water partition coefficient (Wildman–Crippen LogP) is 2.81. The molecule has 1 atom stereocenters. The summed E-state index contributed by atoms with van der Waals surface area (Å²) in [5, 5.41) is 4.32. The predicted molar refractivity (Wildman–Crippen MR) is 67.6 cm³/mol. The summed E-state index contributed by atoms with van der Waals surface area (Å²) in [6, 6.07) is 5.07. The van der Waals surface area contributed by atoms with Crippen molar-refractivity contribution in [3.63, 3.8) is 0 Å². The van der Waals surface area contributed by atoms with Crippen molar-refractivity contribution in [2.45, 2.75) is 12.5 Å². The molecule has 1 aliphatic heterocycles. The van der Waals surface area contributed by atoms with Gasteiger partial charge in [0.05, 0.1) is 18.2 Å². The van der Waals surface area contributed by atoms with E-state index in [0.29, 0.717) is 22.5 Å². The standard InChI is InChI=1S/C12H11BrFN3O/c13-8-1-2-10(11(14)5-8)12-15-7-17(16-12)9-3-4-18-6-9/h1-2,5,7,9H,3-4,6H2. The van der Waals surface area contributed by atoms with Crippen LogP contribution < -0.4 is 0 Å². The zero-order chi connectivity index (χ0) is 12.5. The highest BCUT2D eigenvalue weighted by Crippen LogP contribution is 2.24. The number of nitrogens with zero attached hydrogens (tertiary/aromatic N) is 3. The second-order valence-electron chi connectivity index (χ2n) is 4.19. The number of ether oxygens (including phenoxy) is 1. The summed E-state index contributed by atoms with van der Waals surface area (Å²) in [6.07, 6.45) is 2.56. The first-order valence-electron chi connectivity index (χ1n) is 5.68. The summed E-state index contributed by atoms with van der Waals surface area (Å²) in [6.45, 7) is 1.39. The van der Waals surface area contributed by atoms with Crippen LogP contribution in [0.5, 0.6) is 0 Å². The van der Waals surface area contributed by atoms with E-state index in [-0.39, 0.29) is 11.9 Å². The molecule has 1 aromatic carbocycles. The number of hydrogen-bond donors (Lipinski definition) is 0. The van der Waals surface area contributed by atoms with Crippen LogP contribution >= 0.6 is 15.9 Å². The first kappa shape index (κ1) is 11.8. The molecule has 0 aliphatic carbocycles. The molecule has 1 aliphatic rings. The highest BCUT2D eigenvalue weighted by molar-refractivity contribution is 9.10. The van der Waals surface area contributed by atoms with E-state index in [9.17, 15) is 4.39 Å². The third-order valence-electron chi connectivity index (χ3n) is 2.96. The lowest BCUT2D eigenvalue weighted by molar-refractivity contribution is 0.184. The Morgan fingerprint density at radius 3 is 3.06 bits per heavy atom. The molecule has 0 saturated carbocycles. The van der Waals surface area contributed by atoms with Gasteiger partial charge in [-0.2, -0.15) is 5.10 Å². The Labute approximate surface area is 112 Å². The van der Waals surface area contributed by atoms with Crippen molar-refractivity contribution >= 4 is 15.9 Å². The average molecular weight is 312 g/mol. The van der Waals surface area contributed by atoms with Crippen molar-refractivity contribution in [3.8, 4) is 11.4 Å². The van der Waals surface area contributed by atoms with Gasteiger partial charge >= 0.3 is 0 Å². The Kier molecular flexibility index (Phi) is 3.13. The highest BCUT2D eigenvalue weighted by Gasteiger charge is 2.20. The third kappa shape index (κ3) is 2.18.